The predicted octanol–water partition coefficient (Wildman–Crippen LogP) is 2.65. The highest BCUT2D eigenvalue weighted by Crippen LogP contribution is 2.28. The Kier molecular flexibility index (Phi) is 3.41. The summed E-state index contributed by atoms with van der Waals surface area (Å²) < 4.78 is 5.44. The number of nitrogens with zero attached hydrogens (tertiary/aromatic N) is 1. The van der Waals surface area contributed by atoms with E-state index in [1.807, 2.05) is 6.92 Å². The smallest absolute Gasteiger partial charge is 0.208 e. The maximum absolute atomic E-state index is 5.44. The molecule has 0 bridgehead atoms. The molecule has 1 heterocycles. The van der Waals surface area contributed by atoms with E-state index in [-0.39, 0.29) is 0 Å². The quantitative estimate of drug-likeness (QED) is 0.826. The number of rotatable bonds is 4. The van der Waals surface area contributed by atoms with Gasteiger partial charge >= 0.3 is 0 Å². The first-order valence-electron chi connectivity index (χ1n) is 5.94. The zero-order valence-corrected chi connectivity index (χ0v) is 9.62. The second kappa shape index (κ2) is 4.79. The number of nitrogens with one attached hydrogen (secondary N) is 1. The van der Waals surface area contributed by atoms with Crippen molar-refractivity contribution in [3.05, 3.63) is 17.8 Å². The zero-order chi connectivity index (χ0) is 10.7. The summed E-state index contributed by atoms with van der Waals surface area (Å²) in [5.74, 6) is 2.56. The molecule has 0 spiro atoms. The molecule has 1 aromatic rings. The van der Waals surface area contributed by atoms with Crippen LogP contribution in [0.5, 0.6) is 0 Å². The molecule has 1 fully saturated rings. The first-order valence-corrected chi connectivity index (χ1v) is 5.94. The van der Waals surface area contributed by atoms with E-state index in [0.29, 0.717) is 6.04 Å². The fourth-order valence-electron chi connectivity index (χ4n) is 2.50. The molecule has 0 radical (unpaired) electrons. The maximum Gasteiger partial charge on any atom is 0.208 e. The zero-order valence-electron chi connectivity index (χ0n) is 9.62. The van der Waals surface area contributed by atoms with Crippen LogP contribution in [0.2, 0.25) is 0 Å². The molecule has 3 heteroatoms. The average molecular weight is 208 g/mol. The van der Waals surface area contributed by atoms with Crippen LogP contribution in [0.25, 0.3) is 0 Å². The third kappa shape index (κ3) is 2.59. The molecule has 15 heavy (non-hydrogen) atoms. The Morgan fingerprint density at radius 3 is 3.07 bits per heavy atom. The Bertz CT molecular complexity index is 308. The van der Waals surface area contributed by atoms with E-state index in [0.717, 1.165) is 24.1 Å². The lowest BCUT2D eigenvalue weighted by Gasteiger charge is -2.18. The first kappa shape index (κ1) is 10.7. The number of aryl methyl sites for hydroxylation is 1. The normalized spacial score (nSPS) is 26.0. The fourth-order valence-corrected chi connectivity index (χ4v) is 2.50. The summed E-state index contributed by atoms with van der Waals surface area (Å²) in [5.41, 5.74) is 0. The fraction of sp³-hybridized carbons (Fsp3) is 0.750. The number of hydrogen-bond acceptors (Lipinski definition) is 3. The lowest BCUT2D eigenvalue weighted by Crippen LogP contribution is -2.31. The highest BCUT2D eigenvalue weighted by atomic mass is 16.4. The standard InChI is InChI=1S/C12H20N2O/c1-3-10-5-4-6-11(10)13-8-12-14-7-9(2)15-12/h7,10-11,13H,3-6,8H2,1-2H3. The van der Waals surface area contributed by atoms with Crippen LogP contribution in [0.4, 0.5) is 0 Å². The molecule has 84 valence electrons. The molecule has 1 saturated carbocycles. The van der Waals surface area contributed by atoms with E-state index in [1.54, 1.807) is 6.20 Å². The van der Waals surface area contributed by atoms with Gasteiger partial charge in [-0.15, -0.1) is 0 Å². The molecule has 2 rings (SSSR count). The number of hydrogen-bond donors (Lipinski definition) is 1. The van der Waals surface area contributed by atoms with Crippen LogP contribution in [0.3, 0.4) is 0 Å². The van der Waals surface area contributed by atoms with Crippen molar-refractivity contribution in [2.75, 3.05) is 0 Å². The van der Waals surface area contributed by atoms with Gasteiger partial charge in [0, 0.05) is 6.04 Å². The van der Waals surface area contributed by atoms with E-state index in [1.165, 1.54) is 25.7 Å². The Balaban J connectivity index is 1.82. The van der Waals surface area contributed by atoms with Crippen LogP contribution in [0.1, 0.15) is 44.3 Å². The van der Waals surface area contributed by atoms with Crippen molar-refractivity contribution in [1.29, 1.82) is 0 Å². The van der Waals surface area contributed by atoms with Crippen LogP contribution < -0.4 is 5.32 Å². The summed E-state index contributed by atoms with van der Waals surface area (Å²) in [6.45, 7) is 4.98. The van der Waals surface area contributed by atoms with Gasteiger partial charge in [-0.1, -0.05) is 19.8 Å². The van der Waals surface area contributed by atoms with Crippen molar-refractivity contribution in [2.45, 2.75) is 52.1 Å². The first-order chi connectivity index (χ1) is 7.29. The minimum absolute atomic E-state index is 0.669. The molecular weight excluding hydrogens is 188 g/mol. The molecule has 0 amide bonds. The van der Waals surface area contributed by atoms with Gasteiger partial charge < -0.3 is 9.73 Å². The Morgan fingerprint density at radius 2 is 2.40 bits per heavy atom. The van der Waals surface area contributed by atoms with Crippen molar-refractivity contribution in [3.63, 3.8) is 0 Å². The van der Waals surface area contributed by atoms with E-state index in [4.69, 9.17) is 4.42 Å². The highest BCUT2D eigenvalue weighted by molar-refractivity contribution is 4.91. The van der Waals surface area contributed by atoms with E-state index in [9.17, 15) is 0 Å². The van der Waals surface area contributed by atoms with E-state index < -0.39 is 0 Å². The Hall–Kier alpha value is -0.830. The van der Waals surface area contributed by atoms with E-state index in [2.05, 4.69) is 17.2 Å². The van der Waals surface area contributed by atoms with Gasteiger partial charge in [-0.3, -0.25) is 0 Å². The predicted molar refractivity (Wildman–Crippen MR) is 59.5 cm³/mol. The molecule has 0 aromatic carbocycles. The van der Waals surface area contributed by atoms with Gasteiger partial charge in [-0.25, -0.2) is 4.98 Å². The summed E-state index contributed by atoms with van der Waals surface area (Å²) in [5, 5.41) is 3.56. The van der Waals surface area contributed by atoms with Gasteiger partial charge in [-0.2, -0.15) is 0 Å². The van der Waals surface area contributed by atoms with Crippen molar-refractivity contribution < 1.29 is 4.42 Å². The van der Waals surface area contributed by atoms with Crippen LogP contribution in [-0.2, 0) is 6.54 Å². The van der Waals surface area contributed by atoms with Crippen molar-refractivity contribution in [1.82, 2.24) is 10.3 Å². The molecule has 1 aliphatic carbocycles. The van der Waals surface area contributed by atoms with Gasteiger partial charge in [0.05, 0.1) is 12.7 Å². The third-order valence-electron chi connectivity index (χ3n) is 3.37. The molecule has 0 saturated heterocycles. The van der Waals surface area contributed by atoms with Crippen LogP contribution in [-0.4, -0.2) is 11.0 Å². The largest absolute Gasteiger partial charge is 0.445 e. The van der Waals surface area contributed by atoms with Gasteiger partial charge in [0.1, 0.15) is 5.76 Å². The van der Waals surface area contributed by atoms with E-state index >= 15 is 0 Å². The summed E-state index contributed by atoms with van der Waals surface area (Å²) in [7, 11) is 0. The number of aromatic nitrogens is 1. The lowest BCUT2D eigenvalue weighted by molar-refractivity contribution is 0.362. The minimum Gasteiger partial charge on any atom is -0.445 e. The van der Waals surface area contributed by atoms with Gasteiger partial charge in [-0.05, 0) is 25.7 Å². The molecule has 3 nitrogen and oxygen atoms in total. The second-order valence-electron chi connectivity index (χ2n) is 4.45. The van der Waals surface area contributed by atoms with Crippen LogP contribution in [0, 0.1) is 12.8 Å². The average Bonchev–Trinajstić information content (AvgIpc) is 2.83. The summed E-state index contributed by atoms with van der Waals surface area (Å²) in [6.07, 6.45) is 7.10. The van der Waals surface area contributed by atoms with Gasteiger partial charge in [0.2, 0.25) is 5.89 Å². The lowest BCUT2D eigenvalue weighted by atomic mass is 10.0. The maximum atomic E-state index is 5.44. The van der Waals surface area contributed by atoms with Gasteiger partial charge in [0.25, 0.3) is 0 Å². The molecule has 0 aliphatic heterocycles. The Labute approximate surface area is 91.3 Å². The SMILES string of the molecule is CCC1CCCC1NCc1ncc(C)o1. The summed E-state index contributed by atoms with van der Waals surface area (Å²) >= 11 is 0. The van der Waals surface area contributed by atoms with Crippen molar-refractivity contribution >= 4 is 0 Å². The molecule has 2 atom stereocenters. The summed E-state index contributed by atoms with van der Waals surface area (Å²) in [4.78, 5) is 4.20. The molecule has 1 N–H and O–H groups in total. The van der Waals surface area contributed by atoms with Crippen molar-refractivity contribution in [2.24, 2.45) is 5.92 Å². The van der Waals surface area contributed by atoms with Crippen LogP contribution >= 0.6 is 0 Å². The highest BCUT2D eigenvalue weighted by Gasteiger charge is 2.25. The molecule has 1 aromatic heterocycles. The molecule has 2 unspecified atom stereocenters. The second-order valence-corrected chi connectivity index (χ2v) is 4.45. The molecular formula is C12H20N2O. The number of oxazole rings is 1. The molecule has 1 aliphatic rings. The minimum atomic E-state index is 0.669. The monoisotopic (exact) mass is 208 g/mol. The van der Waals surface area contributed by atoms with Crippen LogP contribution in [0.15, 0.2) is 10.6 Å². The summed E-state index contributed by atoms with van der Waals surface area (Å²) in [6, 6.07) is 0.669. The topological polar surface area (TPSA) is 38.1 Å². The van der Waals surface area contributed by atoms with Gasteiger partial charge in [0.15, 0.2) is 0 Å². The van der Waals surface area contributed by atoms with Crippen molar-refractivity contribution in [3.8, 4) is 0 Å². The Morgan fingerprint density at radius 1 is 1.53 bits per heavy atom. The third-order valence-corrected chi connectivity index (χ3v) is 3.37.